The van der Waals surface area contributed by atoms with Crippen LogP contribution >= 0.6 is 0 Å². The molecule has 0 spiro atoms. The molecule has 2 bridgehead atoms. The topological polar surface area (TPSA) is 21.3 Å². The third-order valence-corrected chi connectivity index (χ3v) is 6.31. The second kappa shape index (κ2) is 5.13. The molecule has 0 aromatic heterocycles. The minimum absolute atomic E-state index is 0.423. The van der Waals surface area contributed by atoms with Gasteiger partial charge in [0.1, 0.15) is 0 Å². The van der Waals surface area contributed by atoms with E-state index < -0.39 is 0 Å². The molecule has 2 rings (SSSR count). The molecule has 4 unspecified atom stereocenters. The van der Waals surface area contributed by atoms with Crippen LogP contribution in [0, 0.1) is 16.7 Å². The van der Waals surface area contributed by atoms with Crippen molar-refractivity contribution in [1.29, 1.82) is 0 Å². The van der Waals surface area contributed by atoms with Crippen molar-refractivity contribution in [2.75, 3.05) is 13.7 Å². The molecule has 0 heterocycles. The first-order valence-electron chi connectivity index (χ1n) is 7.70. The molecule has 4 atom stereocenters. The van der Waals surface area contributed by atoms with E-state index in [-0.39, 0.29) is 0 Å². The molecular formula is C16H31NO. The van der Waals surface area contributed by atoms with Crippen LogP contribution in [-0.2, 0) is 4.74 Å². The highest BCUT2D eigenvalue weighted by Crippen LogP contribution is 2.66. The first-order valence-corrected chi connectivity index (χ1v) is 7.70. The average molecular weight is 253 g/mol. The van der Waals surface area contributed by atoms with Crippen molar-refractivity contribution in [3.63, 3.8) is 0 Å². The molecule has 2 heteroatoms. The molecule has 2 saturated carbocycles. The van der Waals surface area contributed by atoms with E-state index in [1.807, 2.05) is 7.05 Å². The Kier molecular flexibility index (Phi) is 4.08. The molecule has 2 aliphatic carbocycles. The van der Waals surface area contributed by atoms with Crippen LogP contribution in [0.5, 0.6) is 0 Å². The Morgan fingerprint density at radius 1 is 1.33 bits per heavy atom. The molecule has 0 aliphatic heterocycles. The van der Waals surface area contributed by atoms with E-state index in [0.717, 1.165) is 12.5 Å². The van der Waals surface area contributed by atoms with Gasteiger partial charge in [0.2, 0.25) is 0 Å². The summed E-state index contributed by atoms with van der Waals surface area (Å²) in [5, 5.41) is 3.29. The van der Waals surface area contributed by atoms with E-state index in [4.69, 9.17) is 4.74 Å². The molecule has 2 nitrogen and oxygen atoms in total. The third-order valence-electron chi connectivity index (χ3n) is 6.31. The van der Waals surface area contributed by atoms with Gasteiger partial charge >= 0.3 is 0 Å². The smallest absolute Gasteiger partial charge is 0.0636 e. The highest BCUT2D eigenvalue weighted by Gasteiger charge is 2.61. The van der Waals surface area contributed by atoms with Crippen LogP contribution in [0.15, 0.2) is 0 Å². The van der Waals surface area contributed by atoms with E-state index in [0.29, 0.717) is 23.0 Å². The van der Waals surface area contributed by atoms with Gasteiger partial charge in [-0.1, -0.05) is 20.8 Å². The molecule has 2 fully saturated rings. The lowest BCUT2D eigenvalue weighted by Crippen LogP contribution is -2.37. The number of rotatable bonds is 6. The van der Waals surface area contributed by atoms with Crippen LogP contribution in [0.2, 0.25) is 0 Å². The predicted molar refractivity (Wildman–Crippen MR) is 76.7 cm³/mol. The highest BCUT2D eigenvalue weighted by atomic mass is 16.5. The van der Waals surface area contributed by atoms with Crippen molar-refractivity contribution in [1.82, 2.24) is 5.32 Å². The van der Waals surface area contributed by atoms with E-state index in [9.17, 15) is 0 Å². The minimum Gasteiger partial charge on any atom is -0.378 e. The molecule has 0 aromatic carbocycles. The van der Waals surface area contributed by atoms with Gasteiger partial charge in [-0.15, -0.1) is 0 Å². The van der Waals surface area contributed by atoms with Gasteiger partial charge in [0.05, 0.1) is 6.10 Å². The second-order valence-corrected chi connectivity index (χ2v) is 7.30. The standard InChI is InChI=1S/C16H31NO/c1-12(17-5)7-6-10-18-14-11-13-8-9-16(14,4)15(13,2)3/h12-14,17H,6-11H2,1-5H3. The summed E-state index contributed by atoms with van der Waals surface area (Å²) in [4.78, 5) is 0. The van der Waals surface area contributed by atoms with Gasteiger partial charge < -0.3 is 10.1 Å². The van der Waals surface area contributed by atoms with Crippen molar-refractivity contribution in [3.8, 4) is 0 Å². The summed E-state index contributed by atoms with van der Waals surface area (Å²) in [5.74, 6) is 0.892. The van der Waals surface area contributed by atoms with Crippen molar-refractivity contribution < 1.29 is 4.74 Å². The summed E-state index contributed by atoms with van der Waals surface area (Å²) in [7, 11) is 2.03. The molecule has 1 N–H and O–H groups in total. The Morgan fingerprint density at radius 3 is 2.56 bits per heavy atom. The van der Waals surface area contributed by atoms with Crippen LogP contribution in [-0.4, -0.2) is 25.8 Å². The van der Waals surface area contributed by atoms with Crippen LogP contribution in [0.4, 0.5) is 0 Å². The monoisotopic (exact) mass is 253 g/mol. The maximum atomic E-state index is 6.24. The maximum Gasteiger partial charge on any atom is 0.0636 e. The average Bonchev–Trinajstić information content (AvgIpc) is 2.67. The van der Waals surface area contributed by atoms with Gasteiger partial charge in [-0.2, -0.15) is 0 Å². The highest BCUT2D eigenvalue weighted by molar-refractivity contribution is 5.11. The fourth-order valence-corrected chi connectivity index (χ4v) is 4.14. The zero-order chi connectivity index (χ0) is 13.4. The van der Waals surface area contributed by atoms with Gasteiger partial charge in [0.15, 0.2) is 0 Å². The zero-order valence-corrected chi connectivity index (χ0v) is 12.9. The number of ether oxygens (including phenoxy) is 1. The van der Waals surface area contributed by atoms with Gasteiger partial charge in [0, 0.05) is 12.6 Å². The number of hydrogen-bond acceptors (Lipinski definition) is 2. The maximum absolute atomic E-state index is 6.24. The van der Waals surface area contributed by atoms with Gasteiger partial charge in [-0.05, 0) is 62.8 Å². The van der Waals surface area contributed by atoms with Crippen LogP contribution < -0.4 is 5.32 Å². The van der Waals surface area contributed by atoms with Crippen molar-refractivity contribution in [2.24, 2.45) is 16.7 Å². The first-order chi connectivity index (χ1) is 8.41. The van der Waals surface area contributed by atoms with Crippen molar-refractivity contribution in [2.45, 2.75) is 71.9 Å². The van der Waals surface area contributed by atoms with Crippen molar-refractivity contribution >= 4 is 0 Å². The zero-order valence-electron chi connectivity index (χ0n) is 12.9. The van der Waals surface area contributed by atoms with Crippen LogP contribution in [0.3, 0.4) is 0 Å². The van der Waals surface area contributed by atoms with Gasteiger partial charge in [-0.25, -0.2) is 0 Å². The van der Waals surface area contributed by atoms with Crippen LogP contribution in [0.1, 0.15) is 59.8 Å². The summed E-state index contributed by atoms with van der Waals surface area (Å²) >= 11 is 0. The largest absolute Gasteiger partial charge is 0.378 e. The molecule has 18 heavy (non-hydrogen) atoms. The van der Waals surface area contributed by atoms with Crippen LogP contribution in [0.25, 0.3) is 0 Å². The molecule has 0 radical (unpaired) electrons. The minimum atomic E-state index is 0.423. The Morgan fingerprint density at radius 2 is 2.06 bits per heavy atom. The van der Waals surface area contributed by atoms with E-state index >= 15 is 0 Å². The lowest BCUT2D eigenvalue weighted by Gasteiger charge is -2.39. The number of nitrogens with one attached hydrogen (secondary N) is 1. The van der Waals surface area contributed by atoms with E-state index in [1.54, 1.807) is 0 Å². The van der Waals surface area contributed by atoms with Crippen molar-refractivity contribution in [3.05, 3.63) is 0 Å². The molecular weight excluding hydrogens is 222 g/mol. The summed E-state index contributed by atoms with van der Waals surface area (Å²) in [5.41, 5.74) is 0.905. The normalized spacial score (nSPS) is 39.2. The molecule has 0 aromatic rings. The Balaban J connectivity index is 1.79. The fraction of sp³-hybridized carbons (Fsp3) is 1.00. The Hall–Kier alpha value is -0.0800. The Labute approximate surface area is 113 Å². The number of hydrogen-bond donors (Lipinski definition) is 1. The summed E-state index contributed by atoms with van der Waals surface area (Å²) in [6, 6.07) is 0.612. The molecule has 0 amide bonds. The predicted octanol–water partition coefficient (Wildman–Crippen LogP) is 3.61. The van der Waals surface area contributed by atoms with E-state index in [1.165, 1.54) is 32.1 Å². The third kappa shape index (κ3) is 2.22. The quantitative estimate of drug-likeness (QED) is 0.730. The molecule has 106 valence electrons. The van der Waals surface area contributed by atoms with Gasteiger partial charge in [0.25, 0.3) is 0 Å². The Bertz CT molecular complexity index is 289. The summed E-state index contributed by atoms with van der Waals surface area (Å²) < 4.78 is 6.24. The number of fused-ring (bicyclic) bond motifs is 2. The lowest BCUT2D eigenvalue weighted by atomic mass is 9.70. The summed E-state index contributed by atoms with van der Waals surface area (Å²) in [6.07, 6.45) is 6.98. The molecule has 2 aliphatic rings. The van der Waals surface area contributed by atoms with Gasteiger partial charge in [-0.3, -0.25) is 0 Å². The fourth-order valence-electron chi connectivity index (χ4n) is 4.14. The van der Waals surface area contributed by atoms with E-state index in [2.05, 4.69) is 33.0 Å². The summed E-state index contributed by atoms with van der Waals surface area (Å²) in [6.45, 7) is 10.5. The first kappa shape index (κ1) is 14.3. The lowest BCUT2D eigenvalue weighted by molar-refractivity contribution is -0.0477. The molecule has 0 saturated heterocycles. The second-order valence-electron chi connectivity index (χ2n) is 7.30. The SMILES string of the molecule is CNC(C)CCCOC1CC2CCC1(C)C2(C)C.